The van der Waals surface area contributed by atoms with Gasteiger partial charge in [-0.3, -0.25) is 14.1 Å². The summed E-state index contributed by atoms with van der Waals surface area (Å²) in [5.74, 6) is -1.24. The van der Waals surface area contributed by atoms with Crippen LogP contribution in [0.25, 0.3) is 5.65 Å². The summed E-state index contributed by atoms with van der Waals surface area (Å²) in [5.41, 5.74) is 2.30. The first-order valence-electron chi connectivity index (χ1n) is 9.41. The zero-order valence-corrected chi connectivity index (χ0v) is 15.7. The van der Waals surface area contributed by atoms with Crippen molar-refractivity contribution in [1.82, 2.24) is 19.2 Å². The number of carbonyl (C=O) groups excluding carboxylic acids is 1. The van der Waals surface area contributed by atoms with Gasteiger partial charge in [-0.05, 0) is 48.7 Å². The zero-order chi connectivity index (χ0) is 19.7. The molecule has 1 fully saturated rings. The van der Waals surface area contributed by atoms with E-state index in [1.54, 1.807) is 35.4 Å². The van der Waals surface area contributed by atoms with E-state index in [9.17, 15) is 13.6 Å². The van der Waals surface area contributed by atoms with Crippen molar-refractivity contribution in [3.05, 3.63) is 71.2 Å². The number of hydrogen-bond acceptors (Lipinski definition) is 3. The number of rotatable bonds is 3. The summed E-state index contributed by atoms with van der Waals surface area (Å²) in [6.45, 7) is 5.17. The van der Waals surface area contributed by atoms with Gasteiger partial charge in [-0.2, -0.15) is 4.39 Å². The molecule has 4 rings (SSSR count). The van der Waals surface area contributed by atoms with Crippen LogP contribution in [-0.4, -0.2) is 51.3 Å². The van der Waals surface area contributed by atoms with Crippen LogP contribution in [0.4, 0.5) is 8.78 Å². The SMILES string of the molecule is Cc1ccn2c(F)c(C(=O)N3CCCN(Cc4ccc(F)cc4)CC3)nc2c1. The number of imidazole rings is 1. The number of carbonyl (C=O) groups is 1. The molecule has 3 aromatic rings. The first-order chi connectivity index (χ1) is 13.5. The van der Waals surface area contributed by atoms with Crippen molar-refractivity contribution in [2.24, 2.45) is 0 Å². The quantitative estimate of drug-likeness (QED) is 0.696. The summed E-state index contributed by atoms with van der Waals surface area (Å²) < 4.78 is 29.0. The first kappa shape index (κ1) is 18.6. The minimum Gasteiger partial charge on any atom is -0.336 e. The number of halogens is 2. The standard InChI is InChI=1S/C21H22F2N4O/c1-15-7-10-27-18(13-15)24-19(20(27)23)21(28)26-9-2-8-25(11-12-26)14-16-3-5-17(22)6-4-16/h3-7,10,13H,2,8-9,11-12,14H2,1H3. The predicted molar refractivity (Wildman–Crippen MR) is 102 cm³/mol. The van der Waals surface area contributed by atoms with Crippen molar-refractivity contribution in [3.63, 3.8) is 0 Å². The Kier molecular flexibility index (Phi) is 5.09. The van der Waals surface area contributed by atoms with Crippen LogP contribution in [0.2, 0.25) is 0 Å². The van der Waals surface area contributed by atoms with E-state index in [2.05, 4.69) is 9.88 Å². The van der Waals surface area contributed by atoms with Gasteiger partial charge in [-0.25, -0.2) is 9.37 Å². The van der Waals surface area contributed by atoms with Gasteiger partial charge < -0.3 is 4.90 Å². The number of amides is 1. The lowest BCUT2D eigenvalue weighted by atomic mass is 10.2. The monoisotopic (exact) mass is 384 g/mol. The van der Waals surface area contributed by atoms with Gasteiger partial charge >= 0.3 is 0 Å². The Morgan fingerprint density at radius 1 is 1.07 bits per heavy atom. The third-order valence-corrected chi connectivity index (χ3v) is 5.12. The molecule has 1 aliphatic rings. The van der Waals surface area contributed by atoms with Crippen molar-refractivity contribution in [2.75, 3.05) is 26.2 Å². The van der Waals surface area contributed by atoms with Crippen LogP contribution in [0.3, 0.4) is 0 Å². The van der Waals surface area contributed by atoms with Crippen LogP contribution in [0.5, 0.6) is 0 Å². The summed E-state index contributed by atoms with van der Waals surface area (Å²) in [7, 11) is 0. The zero-order valence-electron chi connectivity index (χ0n) is 15.7. The molecule has 0 N–H and O–H groups in total. The largest absolute Gasteiger partial charge is 0.336 e. The fourth-order valence-electron chi connectivity index (χ4n) is 3.58. The highest BCUT2D eigenvalue weighted by molar-refractivity contribution is 5.93. The lowest BCUT2D eigenvalue weighted by Crippen LogP contribution is -2.35. The Bertz CT molecular complexity index is 1000. The highest BCUT2D eigenvalue weighted by Gasteiger charge is 2.26. The third kappa shape index (κ3) is 3.75. The molecule has 0 atom stereocenters. The van der Waals surface area contributed by atoms with E-state index in [0.717, 1.165) is 24.1 Å². The van der Waals surface area contributed by atoms with Crippen molar-refractivity contribution in [3.8, 4) is 0 Å². The van der Waals surface area contributed by atoms with E-state index in [4.69, 9.17) is 0 Å². The van der Waals surface area contributed by atoms with Gasteiger partial charge in [0.05, 0.1) is 0 Å². The summed E-state index contributed by atoms with van der Waals surface area (Å²) in [6, 6.07) is 10.0. The van der Waals surface area contributed by atoms with Gasteiger partial charge in [0.2, 0.25) is 5.95 Å². The van der Waals surface area contributed by atoms with Gasteiger partial charge in [0.25, 0.3) is 5.91 Å². The van der Waals surface area contributed by atoms with Gasteiger partial charge in [0.1, 0.15) is 11.5 Å². The van der Waals surface area contributed by atoms with E-state index in [-0.39, 0.29) is 17.4 Å². The van der Waals surface area contributed by atoms with Crippen LogP contribution in [0.1, 0.15) is 28.0 Å². The molecule has 0 bridgehead atoms. The van der Waals surface area contributed by atoms with Crippen LogP contribution >= 0.6 is 0 Å². The first-order valence-corrected chi connectivity index (χ1v) is 9.41. The molecule has 1 aliphatic heterocycles. The summed E-state index contributed by atoms with van der Waals surface area (Å²) >= 11 is 0. The number of hydrogen-bond donors (Lipinski definition) is 0. The summed E-state index contributed by atoms with van der Waals surface area (Å²) in [6.07, 6.45) is 2.39. The lowest BCUT2D eigenvalue weighted by molar-refractivity contribution is 0.0750. The Balaban J connectivity index is 1.46. The minimum atomic E-state index is -0.618. The maximum atomic E-state index is 14.7. The molecule has 1 saturated heterocycles. The number of pyridine rings is 1. The molecule has 0 aliphatic carbocycles. The molecule has 3 heterocycles. The number of benzene rings is 1. The van der Waals surface area contributed by atoms with E-state index in [1.165, 1.54) is 16.5 Å². The van der Waals surface area contributed by atoms with Gasteiger partial charge in [0.15, 0.2) is 5.69 Å². The molecular weight excluding hydrogens is 362 g/mol. The van der Waals surface area contributed by atoms with Crippen LogP contribution in [0, 0.1) is 18.7 Å². The van der Waals surface area contributed by atoms with Crippen molar-refractivity contribution in [2.45, 2.75) is 19.9 Å². The average molecular weight is 384 g/mol. The molecule has 1 amide bonds. The number of aryl methyl sites for hydroxylation is 1. The third-order valence-electron chi connectivity index (χ3n) is 5.12. The molecule has 0 spiro atoms. The van der Waals surface area contributed by atoms with Gasteiger partial charge in [-0.15, -0.1) is 0 Å². The molecule has 2 aromatic heterocycles. The molecule has 28 heavy (non-hydrogen) atoms. The van der Waals surface area contributed by atoms with Crippen molar-refractivity contribution >= 4 is 11.6 Å². The molecule has 7 heteroatoms. The maximum absolute atomic E-state index is 14.7. The topological polar surface area (TPSA) is 40.9 Å². The van der Waals surface area contributed by atoms with Crippen molar-refractivity contribution in [1.29, 1.82) is 0 Å². The number of fused-ring (bicyclic) bond motifs is 1. The second kappa shape index (κ2) is 7.67. The van der Waals surface area contributed by atoms with E-state index < -0.39 is 5.95 Å². The second-order valence-electron chi connectivity index (χ2n) is 7.23. The Morgan fingerprint density at radius 2 is 1.86 bits per heavy atom. The summed E-state index contributed by atoms with van der Waals surface area (Å²) in [5, 5.41) is 0. The predicted octanol–water partition coefficient (Wildman–Crippen LogP) is 3.27. The molecule has 0 radical (unpaired) electrons. The second-order valence-corrected chi connectivity index (χ2v) is 7.23. The van der Waals surface area contributed by atoms with E-state index in [0.29, 0.717) is 31.8 Å². The fraction of sp³-hybridized carbons (Fsp3) is 0.333. The molecule has 0 saturated carbocycles. The number of aromatic nitrogens is 2. The van der Waals surface area contributed by atoms with Crippen LogP contribution in [-0.2, 0) is 6.54 Å². The molecular formula is C21H22F2N4O. The Labute approximate surface area is 162 Å². The minimum absolute atomic E-state index is 0.127. The van der Waals surface area contributed by atoms with Gasteiger partial charge in [-0.1, -0.05) is 12.1 Å². The van der Waals surface area contributed by atoms with Crippen LogP contribution < -0.4 is 0 Å². The Morgan fingerprint density at radius 3 is 2.64 bits per heavy atom. The fourth-order valence-corrected chi connectivity index (χ4v) is 3.58. The molecule has 5 nitrogen and oxygen atoms in total. The molecule has 0 unspecified atom stereocenters. The van der Waals surface area contributed by atoms with E-state index in [1.807, 2.05) is 6.92 Å². The molecule has 1 aromatic carbocycles. The normalized spacial score (nSPS) is 15.8. The van der Waals surface area contributed by atoms with Crippen molar-refractivity contribution < 1.29 is 13.6 Å². The highest BCUT2D eigenvalue weighted by Crippen LogP contribution is 2.17. The maximum Gasteiger partial charge on any atom is 0.277 e. The number of nitrogens with zero attached hydrogens (tertiary/aromatic N) is 4. The lowest BCUT2D eigenvalue weighted by Gasteiger charge is -2.21. The highest BCUT2D eigenvalue weighted by atomic mass is 19.1. The Hall–Kier alpha value is -2.80. The molecule has 146 valence electrons. The smallest absolute Gasteiger partial charge is 0.277 e. The summed E-state index contributed by atoms with van der Waals surface area (Å²) in [4.78, 5) is 21.0. The van der Waals surface area contributed by atoms with Gasteiger partial charge in [0, 0.05) is 38.9 Å². The van der Waals surface area contributed by atoms with E-state index >= 15 is 0 Å². The average Bonchev–Trinajstić information content (AvgIpc) is 2.85. The van der Waals surface area contributed by atoms with Crippen LogP contribution in [0.15, 0.2) is 42.6 Å².